The van der Waals surface area contributed by atoms with Crippen LogP contribution < -0.4 is 0 Å². The summed E-state index contributed by atoms with van der Waals surface area (Å²) < 4.78 is 27.3. The number of hydrogen-bond donors (Lipinski definition) is 0. The molecule has 0 saturated carbocycles. The number of alkyl halides is 3. The van der Waals surface area contributed by atoms with Crippen LogP contribution in [0.1, 0.15) is 93.2 Å². The van der Waals surface area contributed by atoms with Crippen molar-refractivity contribution >= 4 is 67.1 Å². The van der Waals surface area contributed by atoms with E-state index in [0.717, 1.165) is 29.3 Å². The van der Waals surface area contributed by atoms with E-state index in [0.29, 0.717) is 24.4 Å². The SMILES string of the molecule is C=CC[C@H](C)[C@H](OC(=O)OCC(Cl)(Cl)Cl)[C@@H](C)C(=O)C(C)(C)[C@H](CC(=O)O[C@@H](C/C=C(/C)C=C)/C(C)=C/c1coc(C)n1)O[Si](CC)(CC)CC. The van der Waals surface area contributed by atoms with Crippen molar-refractivity contribution in [3.8, 4) is 0 Å². The summed E-state index contributed by atoms with van der Waals surface area (Å²) in [7, 11) is -2.37. The van der Waals surface area contributed by atoms with Gasteiger partial charge in [0.25, 0.3) is 0 Å². The average molecular weight is 791 g/mol. The predicted octanol–water partition coefficient (Wildman–Crippen LogP) is 10.9. The molecule has 0 aliphatic carbocycles. The second kappa shape index (κ2) is 21.4. The number of allylic oxidation sites excluding steroid dienone is 3. The Labute approximate surface area is 321 Å². The van der Waals surface area contributed by atoms with Gasteiger partial charge in [-0.05, 0) is 56.0 Å². The molecule has 288 valence electrons. The summed E-state index contributed by atoms with van der Waals surface area (Å²) in [6.45, 7) is 26.0. The van der Waals surface area contributed by atoms with Gasteiger partial charge < -0.3 is 23.1 Å². The number of aryl methyl sites for hydroxylation is 1. The second-order valence-corrected chi connectivity index (χ2v) is 21.0. The number of ether oxygens (including phenoxy) is 3. The minimum atomic E-state index is -2.37. The molecule has 51 heavy (non-hydrogen) atoms. The Morgan fingerprint density at radius 1 is 1.02 bits per heavy atom. The molecule has 0 radical (unpaired) electrons. The first-order valence-electron chi connectivity index (χ1n) is 17.5. The van der Waals surface area contributed by atoms with Crippen LogP contribution in [0.2, 0.25) is 18.1 Å². The largest absolute Gasteiger partial charge is 0.508 e. The quantitative estimate of drug-likeness (QED) is 0.0372. The number of halogens is 3. The predicted molar refractivity (Wildman–Crippen MR) is 208 cm³/mol. The van der Waals surface area contributed by atoms with Gasteiger partial charge in [0.1, 0.15) is 36.6 Å². The highest BCUT2D eigenvalue weighted by atomic mass is 35.6. The molecule has 0 fully saturated rings. The van der Waals surface area contributed by atoms with Crippen molar-refractivity contribution in [2.45, 2.75) is 129 Å². The Morgan fingerprint density at radius 2 is 1.63 bits per heavy atom. The van der Waals surface area contributed by atoms with E-state index in [-0.39, 0.29) is 18.1 Å². The smallest absolute Gasteiger partial charge is 0.457 e. The zero-order valence-electron chi connectivity index (χ0n) is 32.0. The van der Waals surface area contributed by atoms with Crippen LogP contribution in [0, 0.1) is 24.2 Å². The molecule has 0 amide bonds. The summed E-state index contributed by atoms with van der Waals surface area (Å²) in [5.74, 6) is -1.38. The van der Waals surface area contributed by atoms with Crippen LogP contribution in [-0.2, 0) is 28.2 Å². The first kappa shape index (κ1) is 46.6. The molecule has 1 aromatic rings. The molecule has 13 heteroatoms. The number of rotatable bonds is 22. The molecular formula is C38H58Cl3NO8Si. The summed E-state index contributed by atoms with van der Waals surface area (Å²) in [6.07, 6.45) is 5.99. The molecule has 9 nitrogen and oxygen atoms in total. The van der Waals surface area contributed by atoms with Crippen molar-refractivity contribution in [2.24, 2.45) is 17.3 Å². The third-order valence-corrected chi connectivity index (χ3v) is 14.5. The van der Waals surface area contributed by atoms with Crippen LogP contribution >= 0.6 is 34.8 Å². The van der Waals surface area contributed by atoms with Crippen LogP contribution in [-0.4, -0.2) is 59.9 Å². The maximum atomic E-state index is 14.6. The van der Waals surface area contributed by atoms with Gasteiger partial charge in [-0.1, -0.05) is 114 Å². The van der Waals surface area contributed by atoms with Gasteiger partial charge in [-0.15, -0.1) is 6.58 Å². The minimum absolute atomic E-state index is 0.170. The zero-order valence-corrected chi connectivity index (χ0v) is 35.3. The lowest BCUT2D eigenvalue weighted by atomic mass is 9.73. The molecule has 0 N–H and O–H groups in total. The van der Waals surface area contributed by atoms with E-state index in [4.69, 9.17) is 57.9 Å². The Hall–Kier alpha value is -2.37. The number of ketones is 1. The summed E-state index contributed by atoms with van der Waals surface area (Å²) in [6, 6.07) is 2.40. The number of carbonyl (C=O) groups excluding carboxylic acids is 3. The third kappa shape index (κ3) is 15.3. The highest BCUT2D eigenvalue weighted by molar-refractivity contribution is 6.73. The molecule has 0 aromatic carbocycles. The number of nitrogens with zero attached hydrogens (tertiary/aromatic N) is 1. The molecule has 5 atom stereocenters. The number of oxazole rings is 1. The van der Waals surface area contributed by atoms with E-state index < -0.39 is 60.5 Å². The second-order valence-electron chi connectivity index (χ2n) is 13.7. The lowest BCUT2D eigenvalue weighted by Crippen LogP contribution is -2.52. The zero-order chi connectivity index (χ0) is 39.2. The van der Waals surface area contributed by atoms with E-state index in [1.165, 1.54) is 0 Å². The van der Waals surface area contributed by atoms with Gasteiger partial charge in [0.05, 0.1) is 18.4 Å². The molecule has 0 aliphatic rings. The summed E-state index contributed by atoms with van der Waals surface area (Å²) >= 11 is 17.3. The lowest BCUT2D eigenvalue weighted by Gasteiger charge is -2.42. The summed E-state index contributed by atoms with van der Waals surface area (Å²) in [4.78, 5) is 45.5. The van der Waals surface area contributed by atoms with Crippen molar-refractivity contribution < 1.29 is 37.4 Å². The van der Waals surface area contributed by atoms with Gasteiger partial charge in [-0.25, -0.2) is 9.78 Å². The van der Waals surface area contributed by atoms with Crippen molar-refractivity contribution in [3.05, 3.63) is 60.4 Å². The Morgan fingerprint density at radius 3 is 2.12 bits per heavy atom. The number of carbonyl (C=O) groups is 3. The fourth-order valence-electron chi connectivity index (χ4n) is 5.87. The van der Waals surface area contributed by atoms with E-state index in [9.17, 15) is 14.4 Å². The third-order valence-electron chi connectivity index (χ3n) is 9.48. The summed E-state index contributed by atoms with van der Waals surface area (Å²) in [5.41, 5.74) is 1.11. The molecule has 1 rings (SSSR count). The van der Waals surface area contributed by atoms with Crippen LogP contribution in [0.5, 0.6) is 0 Å². The molecule has 0 bridgehead atoms. The number of hydrogen-bond acceptors (Lipinski definition) is 9. The number of Topliss-reactive ketones (excluding diaryl/α,β-unsaturated/α-hetero) is 1. The maximum Gasteiger partial charge on any atom is 0.508 e. The van der Waals surface area contributed by atoms with E-state index in [1.54, 1.807) is 46.1 Å². The van der Waals surface area contributed by atoms with Crippen LogP contribution in [0.25, 0.3) is 6.08 Å². The van der Waals surface area contributed by atoms with Crippen LogP contribution in [0.15, 0.2) is 53.2 Å². The maximum absolute atomic E-state index is 14.6. The molecule has 0 aliphatic heterocycles. The monoisotopic (exact) mass is 789 g/mol. The topological polar surface area (TPSA) is 114 Å². The van der Waals surface area contributed by atoms with Crippen molar-refractivity contribution in [3.63, 3.8) is 0 Å². The van der Waals surface area contributed by atoms with Crippen LogP contribution in [0.3, 0.4) is 0 Å². The van der Waals surface area contributed by atoms with Crippen LogP contribution in [0.4, 0.5) is 4.79 Å². The fourth-order valence-corrected chi connectivity index (χ4v) is 9.01. The van der Waals surface area contributed by atoms with Gasteiger partial charge in [0, 0.05) is 18.8 Å². The van der Waals surface area contributed by atoms with Gasteiger partial charge in [0.15, 0.2) is 14.2 Å². The molecule has 1 aromatic heterocycles. The van der Waals surface area contributed by atoms with Gasteiger partial charge in [-0.3, -0.25) is 9.59 Å². The number of esters is 1. The molecule has 0 unspecified atom stereocenters. The first-order valence-corrected chi connectivity index (χ1v) is 21.2. The highest BCUT2D eigenvalue weighted by Crippen LogP contribution is 2.38. The Bertz CT molecular complexity index is 1370. The molecule has 0 spiro atoms. The number of aromatic nitrogens is 1. The fraction of sp³-hybridized carbons (Fsp3) is 0.632. The normalized spacial score (nSPS) is 16.0. The lowest BCUT2D eigenvalue weighted by molar-refractivity contribution is -0.153. The van der Waals surface area contributed by atoms with Crippen molar-refractivity contribution in [2.75, 3.05) is 6.61 Å². The molecule has 0 saturated heterocycles. The molecular weight excluding hydrogens is 733 g/mol. The van der Waals surface area contributed by atoms with E-state index >= 15 is 0 Å². The Balaban J connectivity index is 3.54. The summed E-state index contributed by atoms with van der Waals surface area (Å²) in [5, 5.41) is 0. The van der Waals surface area contributed by atoms with Gasteiger partial charge >= 0.3 is 12.1 Å². The first-order chi connectivity index (χ1) is 23.7. The highest BCUT2D eigenvalue weighted by Gasteiger charge is 2.47. The minimum Gasteiger partial charge on any atom is -0.457 e. The standard InChI is InChI=1S/C38H58Cl3NO8Si/c1-13-18-26(7)34(49-36(45)47-24-38(39,40)41)28(9)35(44)37(11,12)32(50-51(15-3,16-4)17-5)22-33(43)48-31(20-19-25(6)14-2)27(8)21-30-23-46-29(10)42-30/h13-14,19,21,23,26,28,31-32,34H,1-2,15-18,20,22,24H2,3-12H3/b25-19-,27-21+/t26-,28+,31-,32-,34-/m0/s1. The molecule has 1 heterocycles. The Kier molecular flexibility index (Phi) is 19.5. The van der Waals surface area contributed by atoms with Crippen molar-refractivity contribution in [1.82, 2.24) is 4.98 Å². The average Bonchev–Trinajstić information content (AvgIpc) is 3.49. The van der Waals surface area contributed by atoms with E-state index in [2.05, 4.69) is 38.9 Å². The van der Waals surface area contributed by atoms with E-state index in [1.807, 2.05) is 32.9 Å². The van der Waals surface area contributed by atoms with Gasteiger partial charge in [-0.2, -0.15) is 0 Å². The van der Waals surface area contributed by atoms with Gasteiger partial charge in [0.2, 0.25) is 3.79 Å². The van der Waals surface area contributed by atoms with Crippen molar-refractivity contribution in [1.29, 1.82) is 0 Å².